The Hall–Kier alpha value is -1.98. The van der Waals surface area contributed by atoms with Crippen LogP contribution in [0.1, 0.15) is 29.8 Å². The molecule has 1 aromatic carbocycles. The van der Waals surface area contributed by atoms with Crippen LogP contribution in [0.15, 0.2) is 41.2 Å². The molecule has 2 aromatic rings. The maximum absolute atomic E-state index is 11.7. The van der Waals surface area contributed by atoms with Gasteiger partial charge >= 0.3 is 0 Å². The fraction of sp³-hybridized carbons (Fsp3) is 0.375. The van der Waals surface area contributed by atoms with Gasteiger partial charge in [0.05, 0.1) is 24.9 Å². The minimum Gasteiger partial charge on any atom is -0.383 e. The molecule has 2 N–H and O–H groups in total. The number of nitrogens with zero attached hydrogens (tertiary/aromatic N) is 2. The first-order chi connectivity index (χ1) is 10.2. The van der Waals surface area contributed by atoms with Crippen LogP contribution in [0, 0.1) is 0 Å². The third-order valence-electron chi connectivity index (χ3n) is 3.46. The molecule has 0 saturated carbocycles. The summed E-state index contributed by atoms with van der Waals surface area (Å²) < 4.78 is 6.37. The van der Waals surface area contributed by atoms with E-state index in [0.29, 0.717) is 18.8 Å². The predicted octanol–water partition coefficient (Wildman–Crippen LogP) is 1.50. The third kappa shape index (κ3) is 3.77. The Morgan fingerprint density at radius 3 is 2.57 bits per heavy atom. The lowest BCUT2D eigenvalue weighted by atomic mass is 10.0. The van der Waals surface area contributed by atoms with Gasteiger partial charge in [-0.05, 0) is 23.6 Å². The number of methoxy groups -OCH3 is 1. The average molecular weight is 287 g/mol. The van der Waals surface area contributed by atoms with Gasteiger partial charge < -0.3 is 10.5 Å². The molecule has 1 atom stereocenters. The maximum Gasteiger partial charge on any atom is 0.266 e. The number of nitrogens with two attached hydrogens (primary N) is 1. The Kier molecular flexibility index (Phi) is 5.25. The Labute approximate surface area is 124 Å². The van der Waals surface area contributed by atoms with Gasteiger partial charge in [0.1, 0.15) is 0 Å². The first-order valence-corrected chi connectivity index (χ1v) is 7.07. The Balaban J connectivity index is 2.25. The van der Waals surface area contributed by atoms with Crippen molar-refractivity contribution in [3.63, 3.8) is 0 Å². The zero-order valence-corrected chi connectivity index (χ0v) is 12.5. The van der Waals surface area contributed by atoms with Crippen LogP contribution in [0.4, 0.5) is 0 Å². The van der Waals surface area contributed by atoms with E-state index in [1.807, 2.05) is 12.1 Å². The molecule has 2 rings (SSSR count). The summed E-state index contributed by atoms with van der Waals surface area (Å²) >= 11 is 0. The average Bonchev–Trinajstić information content (AvgIpc) is 2.53. The Morgan fingerprint density at radius 1 is 1.24 bits per heavy atom. The van der Waals surface area contributed by atoms with Crippen LogP contribution in [-0.2, 0) is 17.7 Å². The minimum absolute atomic E-state index is 0.149. The van der Waals surface area contributed by atoms with E-state index in [1.165, 1.54) is 16.3 Å². The number of ether oxygens (including phenoxy) is 1. The second-order valence-corrected chi connectivity index (χ2v) is 4.89. The predicted molar refractivity (Wildman–Crippen MR) is 82.2 cm³/mol. The van der Waals surface area contributed by atoms with Crippen LogP contribution < -0.4 is 11.3 Å². The molecule has 0 aliphatic rings. The number of hydrogen-bond donors (Lipinski definition) is 1. The van der Waals surface area contributed by atoms with E-state index in [2.05, 4.69) is 24.2 Å². The Bertz CT molecular complexity index is 635. The van der Waals surface area contributed by atoms with Gasteiger partial charge in [-0.3, -0.25) is 4.79 Å². The molecule has 0 aliphatic heterocycles. The monoisotopic (exact) mass is 287 g/mol. The lowest BCUT2D eigenvalue weighted by Crippen LogP contribution is -2.27. The lowest BCUT2D eigenvalue weighted by molar-refractivity contribution is 0.181. The first kappa shape index (κ1) is 15.4. The zero-order valence-electron chi connectivity index (χ0n) is 12.5. The molecular formula is C16H21N3O2. The molecule has 1 unspecified atom stereocenters. The fourth-order valence-corrected chi connectivity index (χ4v) is 2.10. The van der Waals surface area contributed by atoms with Crippen LogP contribution in [0.25, 0.3) is 0 Å². The van der Waals surface area contributed by atoms with Gasteiger partial charge in [-0.2, -0.15) is 5.10 Å². The molecule has 21 heavy (non-hydrogen) atoms. The van der Waals surface area contributed by atoms with Gasteiger partial charge in [0.15, 0.2) is 0 Å². The van der Waals surface area contributed by atoms with Crippen molar-refractivity contribution in [3.8, 4) is 0 Å². The van der Waals surface area contributed by atoms with Crippen molar-refractivity contribution in [1.29, 1.82) is 0 Å². The maximum atomic E-state index is 11.7. The smallest absolute Gasteiger partial charge is 0.266 e. The highest BCUT2D eigenvalue weighted by molar-refractivity contribution is 5.29. The van der Waals surface area contributed by atoms with Crippen LogP contribution in [-0.4, -0.2) is 23.5 Å². The highest BCUT2D eigenvalue weighted by atomic mass is 16.5. The SMILES string of the molecule is CCc1ccc(C(N)c2ccc(=O)n(CCOC)n2)cc1. The molecule has 0 amide bonds. The van der Waals surface area contributed by atoms with Gasteiger partial charge in [0.25, 0.3) is 5.56 Å². The molecule has 5 heteroatoms. The van der Waals surface area contributed by atoms with Crippen LogP contribution in [0.3, 0.4) is 0 Å². The summed E-state index contributed by atoms with van der Waals surface area (Å²) in [7, 11) is 1.59. The summed E-state index contributed by atoms with van der Waals surface area (Å²) in [6.07, 6.45) is 0.996. The molecule has 1 heterocycles. The van der Waals surface area contributed by atoms with Crippen LogP contribution in [0.2, 0.25) is 0 Å². The number of rotatable bonds is 6. The lowest BCUT2D eigenvalue weighted by Gasteiger charge is -2.13. The van der Waals surface area contributed by atoms with Crippen molar-refractivity contribution < 1.29 is 4.74 Å². The number of hydrogen-bond acceptors (Lipinski definition) is 4. The van der Waals surface area contributed by atoms with Gasteiger partial charge in [-0.1, -0.05) is 31.2 Å². The highest BCUT2D eigenvalue weighted by Gasteiger charge is 2.12. The van der Waals surface area contributed by atoms with Gasteiger partial charge in [-0.15, -0.1) is 0 Å². The van der Waals surface area contributed by atoms with Crippen molar-refractivity contribution in [2.75, 3.05) is 13.7 Å². The van der Waals surface area contributed by atoms with Crippen molar-refractivity contribution >= 4 is 0 Å². The number of aryl methyl sites for hydroxylation is 1. The second-order valence-electron chi connectivity index (χ2n) is 4.89. The van der Waals surface area contributed by atoms with Crippen molar-refractivity contribution in [3.05, 3.63) is 63.6 Å². The second kappa shape index (κ2) is 7.15. The normalized spacial score (nSPS) is 12.3. The molecular weight excluding hydrogens is 266 g/mol. The van der Waals surface area contributed by atoms with E-state index in [-0.39, 0.29) is 11.6 Å². The molecule has 112 valence electrons. The highest BCUT2D eigenvalue weighted by Crippen LogP contribution is 2.17. The quantitative estimate of drug-likeness (QED) is 0.874. The van der Waals surface area contributed by atoms with Crippen LogP contribution in [0.5, 0.6) is 0 Å². The van der Waals surface area contributed by atoms with Crippen molar-refractivity contribution in [2.45, 2.75) is 25.9 Å². The first-order valence-electron chi connectivity index (χ1n) is 7.07. The summed E-state index contributed by atoms with van der Waals surface area (Å²) in [5.41, 5.74) is 9.02. The number of aromatic nitrogens is 2. The fourth-order valence-electron chi connectivity index (χ4n) is 2.10. The molecule has 1 aromatic heterocycles. The third-order valence-corrected chi connectivity index (χ3v) is 3.46. The molecule has 0 fully saturated rings. The standard InChI is InChI=1S/C16H21N3O2/c1-3-12-4-6-13(7-5-12)16(17)14-8-9-15(20)19(18-14)10-11-21-2/h4-9,16H,3,10-11,17H2,1-2H3. The molecule has 0 aliphatic carbocycles. The summed E-state index contributed by atoms with van der Waals surface area (Å²) in [6.45, 7) is 2.98. The van der Waals surface area contributed by atoms with Crippen LogP contribution >= 0.6 is 0 Å². The molecule has 0 saturated heterocycles. The summed E-state index contributed by atoms with van der Waals surface area (Å²) in [4.78, 5) is 11.7. The summed E-state index contributed by atoms with van der Waals surface area (Å²) in [6, 6.07) is 11.0. The zero-order chi connectivity index (χ0) is 15.2. The largest absolute Gasteiger partial charge is 0.383 e. The molecule has 0 bridgehead atoms. The summed E-state index contributed by atoms with van der Waals surface area (Å²) in [5, 5.41) is 4.33. The molecule has 0 spiro atoms. The number of benzene rings is 1. The van der Waals surface area contributed by atoms with Gasteiger partial charge in [0.2, 0.25) is 0 Å². The van der Waals surface area contributed by atoms with E-state index in [4.69, 9.17) is 10.5 Å². The van der Waals surface area contributed by atoms with Gasteiger partial charge in [0, 0.05) is 13.2 Å². The van der Waals surface area contributed by atoms with Crippen molar-refractivity contribution in [1.82, 2.24) is 9.78 Å². The molecule has 5 nitrogen and oxygen atoms in total. The summed E-state index contributed by atoms with van der Waals surface area (Å²) in [5.74, 6) is 0. The van der Waals surface area contributed by atoms with E-state index < -0.39 is 0 Å². The van der Waals surface area contributed by atoms with E-state index in [1.54, 1.807) is 13.2 Å². The van der Waals surface area contributed by atoms with Crippen molar-refractivity contribution in [2.24, 2.45) is 5.73 Å². The molecule has 0 radical (unpaired) electrons. The van der Waals surface area contributed by atoms with E-state index in [0.717, 1.165) is 12.0 Å². The van der Waals surface area contributed by atoms with E-state index >= 15 is 0 Å². The Morgan fingerprint density at radius 2 is 1.95 bits per heavy atom. The van der Waals surface area contributed by atoms with Gasteiger partial charge in [-0.25, -0.2) is 4.68 Å². The van der Waals surface area contributed by atoms with E-state index in [9.17, 15) is 4.79 Å². The minimum atomic E-state index is -0.342. The topological polar surface area (TPSA) is 70.1 Å².